The average molecular weight is 433 g/mol. The molecular weight excluding hydrogens is 400 g/mol. The van der Waals surface area contributed by atoms with Crippen LogP contribution in [-0.4, -0.2) is 58.0 Å². The minimum atomic E-state index is 0.0899. The zero-order chi connectivity index (χ0) is 22.7. The van der Waals surface area contributed by atoms with E-state index < -0.39 is 0 Å². The van der Waals surface area contributed by atoms with Crippen molar-refractivity contribution in [3.8, 4) is 5.75 Å². The van der Waals surface area contributed by atoms with Crippen molar-refractivity contribution in [3.63, 3.8) is 0 Å². The minimum Gasteiger partial charge on any atom is -0.491 e. The van der Waals surface area contributed by atoms with E-state index >= 15 is 0 Å². The summed E-state index contributed by atoms with van der Waals surface area (Å²) in [4.78, 5) is 21.9. The van der Waals surface area contributed by atoms with Gasteiger partial charge in [-0.25, -0.2) is 4.98 Å². The maximum Gasteiger partial charge on any atom is 0.253 e. The molecule has 2 aromatic carbocycles. The van der Waals surface area contributed by atoms with Crippen LogP contribution in [0.1, 0.15) is 47.2 Å². The predicted octanol–water partition coefficient (Wildman–Crippen LogP) is 4.16. The molecule has 1 amide bonds. The number of carbonyl (C=O) groups is 1. The summed E-state index contributed by atoms with van der Waals surface area (Å²) in [6.07, 6.45) is 3.92. The van der Waals surface area contributed by atoms with Gasteiger partial charge >= 0.3 is 0 Å². The average Bonchev–Trinajstić information content (AvgIpc) is 3.18. The second-order valence-electron chi connectivity index (χ2n) is 8.79. The number of amides is 1. The van der Waals surface area contributed by atoms with Crippen molar-refractivity contribution < 1.29 is 9.53 Å². The molecule has 0 saturated carbocycles. The number of carbonyl (C=O) groups excluding carboxylic acids is 1. The Morgan fingerprint density at radius 3 is 2.62 bits per heavy atom. The first kappa shape index (κ1) is 22.1. The minimum absolute atomic E-state index is 0.0899. The molecule has 1 saturated heterocycles. The normalized spacial score (nSPS) is 17.0. The van der Waals surface area contributed by atoms with Gasteiger partial charge in [0.1, 0.15) is 11.6 Å². The van der Waals surface area contributed by atoms with Gasteiger partial charge in [-0.3, -0.25) is 9.69 Å². The highest BCUT2D eigenvalue weighted by Crippen LogP contribution is 2.27. The lowest BCUT2D eigenvalue weighted by molar-refractivity contribution is 0.0546. The third kappa shape index (κ3) is 5.02. The number of aromatic nitrogens is 2. The third-order valence-electron chi connectivity index (χ3n) is 6.02. The molecule has 0 radical (unpaired) electrons. The maximum atomic E-state index is 13.3. The van der Waals surface area contributed by atoms with Crippen LogP contribution in [0.3, 0.4) is 0 Å². The zero-order valence-corrected chi connectivity index (χ0v) is 19.4. The van der Waals surface area contributed by atoms with E-state index in [2.05, 4.69) is 39.7 Å². The summed E-state index contributed by atoms with van der Waals surface area (Å²) in [5.74, 6) is 1.93. The van der Waals surface area contributed by atoms with E-state index in [4.69, 9.17) is 4.74 Å². The van der Waals surface area contributed by atoms with Gasteiger partial charge in [0.2, 0.25) is 0 Å². The largest absolute Gasteiger partial charge is 0.491 e. The fourth-order valence-electron chi connectivity index (χ4n) is 4.21. The molecule has 0 spiro atoms. The van der Waals surface area contributed by atoms with Gasteiger partial charge in [-0.05, 0) is 63.2 Å². The first-order valence-electron chi connectivity index (χ1n) is 11.2. The van der Waals surface area contributed by atoms with Gasteiger partial charge in [0, 0.05) is 44.1 Å². The summed E-state index contributed by atoms with van der Waals surface area (Å²) in [6, 6.07) is 16.4. The van der Waals surface area contributed by atoms with Gasteiger partial charge in [-0.2, -0.15) is 0 Å². The van der Waals surface area contributed by atoms with Crippen molar-refractivity contribution in [1.82, 2.24) is 19.4 Å². The number of nitrogens with zero attached hydrogens (tertiary/aromatic N) is 4. The van der Waals surface area contributed by atoms with Crippen LogP contribution >= 0.6 is 0 Å². The molecular formula is C26H32N4O2. The number of ether oxygens (including phenoxy) is 1. The zero-order valence-electron chi connectivity index (χ0n) is 19.4. The van der Waals surface area contributed by atoms with E-state index in [1.165, 1.54) is 5.56 Å². The molecule has 168 valence electrons. The second kappa shape index (κ2) is 9.57. The van der Waals surface area contributed by atoms with E-state index in [1.807, 2.05) is 62.2 Å². The van der Waals surface area contributed by atoms with Gasteiger partial charge < -0.3 is 14.2 Å². The van der Waals surface area contributed by atoms with Crippen molar-refractivity contribution in [2.75, 3.05) is 26.7 Å². The monoisotopic (exact) mass is 432 g/mol. The second-order valence-corrected chi connectivity index (χ2v) is 8.79. The van der Waals surface area contributed by atoms with Crippen LogP contribution in [0.25, 0.3) is 0 Å². The van der Waals surface area contributed by atoms with E-state index in [-0.39, 0.29) is 18.1 Å². The Morgan fingerprint density at radius 1 is 1.16 bits per heavy atom. The predicted molar refractivity (Wildman–Crippen MR) is 126 cm³/mol. The molecule has 1 aliphatic heterocycles. The molecule has 3 aromatic rings. The SMILES string of the molecule is Cc1nccn1Cc1cccc(C(=O)N2CCN(C)[C@H](c3ccc(OC(C)C)cc3)C2)c1. The van der Waals surface area contributed by atoms with Crippen molar-refractivity contribution in [2.24, 2.45) is 0 Å². The quantitative estimate of drug-likeness (QED) is 0.587. The molecule has 4 rings (SSSR count). The molecule has 6 heteroatoms. The standard InChI is InChI=1S/C26H32N4O2/c1-19(2)32-24-10-8-22(9-11-24)25-18-30(15-14-28(25)4)26(31)23-7-5-6-21(16-23)17-29-13-12-27-20(29)3/h5-13,16,19,25H,14-15,17-18H2,1-4H3/t25-/m0/s1. The lowest BCUT2D eigenvalue weighted by Crippen LogP contribution is -2.49. The van der Waals surface area contributed by atoms with Crippen molar-refractivity contribution in [2.45, 2.75) is 39.5 Å². The lowest BCUT2D eigenvalue weighted by Gasteiger charge is -2.39. The fraction of sp³-hybridized carbons (Fsp3) is 0.385. The Kier molecular flexibility index (Phi) is 6.61. The van der Waals surface area contributed by atoms with Crippen molar-refractivity contribution >= 4 is 5.91 Å². The third-order valence-corrected chi connectivity index (χ3v) is 6.02. The van der Waals surface area contributed by atoms with Gasteiger partial charge in [0.15, 0.2) is 0 Å². The highest BCUT2D eigenvalue weighted by Gasteiger charge is 2.29. The Morgan fingerprint density at radius 2 is 1.94 bits per heavy atom. The molecule has 1 aromatic heterocycles. The highest BCUT2D eigenvalue weighted by atomic mass is 16.5. The van der Waals surface area contributed by atoms with Gasteiger partial charge in [0.05, 0.1) is 12.1 Å². The Labute approximate surface area is 190 Å². The number of rotatable bonds is 6. The Balaban J connectivity index is 1.47. The molecule has 1 fully saturated rings. The van der Waals surface area contributed by atoms with Crippen LogP contribution in [0.15, 0.2) is 60.9 Å². The maximum absolute atomic E-state index is 13.3. The number of hydrogen-bond acceptors (Lipinski definition) is 4. The van der Waals surface area contributed by atoms with E-state index in [0.29, 0.717) is 13.1 Å². The molecule has 32 heavy (non-hydrogen) atoms. The molecule has 0 N–H and O–H groups in total. The van der Waals surface area contributed by atoms with Crippen molar-refractivity contribution in [3.05, 3.63) is 83.4 Å². The summed E-state index contributed by atoms with van der Waals surface area (Å²) >= 11 is 0. The summed E-state index contributed by atoms with van der Waals surface area (Å²) in [5.41, 5.74) is 3.04. The first-order chi connectivity index (χ1) is 15.4. The van der Waals surface area contributed by atoms with E-state index in [0.717, 1.165) is 35.8 Å². The smallest absolute Gasteiger partial charge is 0.253 e. The van der Waals surface area contributed by atoms with E-state index in [9.17, 15) is 4.79 Å². The summed E-state index contributed by atoms with van der Waals surface area (Å²) in [6.45, 7) is 8.99. The molecule has 6 nitrogen and oxygen atoms in total. The van der Waals surface area contributed by atoms with Gasteiger partial charge in [-0.15, -0.1) is 0 Å². The molecule has 0 aliphatic carbocycles. The van der Waals surface area contributed by atoms with Gasteiger partial charge in [-0.1, -0.05) is 24.3 Å². The van der Waals surface area contributed by atoms with Gasteiger partial charge in [0.25, 0.3) is 5.91 Å². The van der Waals surface area contributed by atoms with Crippen LogP contribution in [0.4, 0.5) is 0 Å². The van der Waals surface area contributed by atoms with Crippen LogP contribution in [0.5, 0.6) is 5.75 Å². The summed E-state index contributed by atoms with van der Waals surface area (Å²) in [5, 5.41) is 0. The molecule has 2 heterocycles. The highest BCUT2D eigenvalue weighted by molar-refractivity contribution is 5.94. The number of likely N-dealkylation sites (N-methyl/N-ethyl adjacent to an activating group) is 1. The van der Waals surface area contributed by atoms with E-state index in [1.54, 1.807) is 6.20 Å². The van der Waals surface area contributed by atoms with Crippen LogP contribution in [-0.2, 0) is 6.54 Å². The summed E-state index contributed by atoms with van der Waals surface area (Å²) in [7, 11) is 2.12. The van der Waals surface area contributed by atoms with Crippen LogP contribution in [0.2, 0.25) is 0 Å². The number of benzene rings is 2. The Hall–Kier alpha value is -3.12. The fourth-order valence-corrected chi connectivity index (χ4v) is 4.21. The number of imidazole rings is 1. The molecule has 1 aliphatic rings. The molecule has 0 bridgehead atoms. The topological polar surface area (TPSA) is 50.6 Å². The van der Waals surface area contributed by atoms with Crippen LogP contribution in [0, 0.1) is 6.92 Å². The summed E-state index contributed by atoms with van der Waals surface area (Å²) < 4.78 is 7.86. The first-order valence-corrected chi connectivity index (χ1v) is 11.2. The number of piperazine rings is 1. The molecule has 0 unspecified atom stereocenters. The Bertz CT molecular complexity index is 1060. The lowest BCUT2D eigenvalue weighted by atomic mass is 10.0. The van der Waals surface area contributed by atoms with Crippen molar-refractivity contribution in [1.29, 1.82) is 0 Å². The molecule has 1 atom stereocenters. The number of aryl methyl sites for hydroxylation is 1. The van der Waals surface area contributed by atoms with Crippen LogP contribution < -0.4 is 4.74 Å². The number of hydrogen-bond donors (Lipinski definition) is 0.